The lowest BCUT2D eigenvalue weighted by molar-refractivity contribution is 0.0666. The van der Waals surface area contributed by atoms with Crippen LogP contribution in [0.25, 0.3) is 11.0 Å². The van der Waals surface area contributed by atoms with Gasteiger partial charge in [-0.15, -0.1) is 0 Å². The van der Waals surface area contributed by atoms with Gasteiger partial charge in [0.2, 0.25) is 5.76 Å². The number of furan rings is 1. The second-order valence-electron chi connectivity index (χ2n) is 3.14. The van der Waals surface area contributed by atoms with E-state index in [1.54, 1.807) is 6.07 Å². The van der Waals surface area contributed by atoms with Gasteiger partial charge in [-0.1, -0.05) is 11.6 Å². The van der Waals surface area contributed by atoms with Crippen LogP contribution in [0.1, 0.15) is 10.6 Å². The van der Waals surface area contributed by atoms with E-state index < -0.39 is 5.97 Å². The van der Waals surface area contributed by atoms with Crippen LogP contribution in [0.4, 0.5) is 5.69 Å². The van der Waals surface area contributed by atoms with Crippen LogP contribution < -0.4 is 10.5 Å². The summed E-state index contributed by atoms with van der Waals surface area (Å²) < 4.78 is 10.1. The van der Waals surface area contributed by atoms with Crippen LogP contribution in [-0.2, 0) is 0 Å². The number of carboxylic acids is 1. The summed E-state index contributed by atoms with van der Waals surface area (Å²) in [6, 6.07) is 3.10. The van der Waals surface area contributed by atoms with E-state index in [-0.39, 0.29) is 22.1 Å². The van der Waals surface area contributed by atoms with E-state index >= 15 is 0 Å². The lowest BCUT2D eigenvalue weighted by Crippen LogP contribution is -1.98. The second-order valence-corrected chi connectivity index (χ2v) is 3.54. The van der Waals surface area contributed by atoms with Crippen LogP contribution in [-0.4, -0.2) is 18.2 Å². The van der Waals surface area contributed by atoms with Gasteiger partial charge in [-0.05, 0) is 6.07 Å². The van der Waals surface area contributed by atoms with Crippen molar-refractivity contribution in [2.24, 2.45) is 0 Å². The Morgan fingerprint density at radius 3 is 2.81 bits per heavy atom. The van der Waals surface area contributed by atoms with E-state index in [1.165, 1.54) is 13.2 Å². The van der Waals surface area contributed by atoms with E-state index in [2.05, 4.69) is 0 Å². The topological polar surface area (TPSA) is 85.7 Å². The zero-order chi connectivity index (χ0) is 11.9. The van der Waals surface area contributed by atoms with E-state index in [0.717, 1.165) is 0 Å². The van der Waals surface area contributed by atoms with Crippen molar-refractivity contribution in [2.75, 3.05) is 12.8 Å². The summed E-state index contributed by atoms with van der Waals surface area (Å²) in [5, 5.41) is 9.53. The second kappa shape index (κ2) is 3.61. The average molecular weight is 242 g/mol. The fraction of sp³-hybridized carbons (Fsp3) is 0.100. The summed E-state index contributed by atoms with van der Waals surface area (Å²) >= 11 is 5.91. The lowest BCUT2D eigenvalue weighted by atomic mass is 10.2. The van der Waals surface area contributed by atoms with E-state index in [4.69, 9.17) is 31.6 Å². The molecule has 0 bridgehead atoms. The van der Waals surface area contributed by atoms with Gasteiger partial charge in [0.25, 0.3) is 0 Å². The first-order chi connectivity index (χ1) is 7.54. The Balaban J connectivity index is 2.81. The molecule has 3 N–H and O–H groups in total. The number of rotatable bonds is 2. The molecule has 0 unspecified atom stereocenters. The highest BCUT2D eigenvalue weighted by molar-refractivity contribution is 6.35. The van der Waals surface area contributed by atoms with Gasteiger partial charge in [0.1, 0.15) is 5.75 Å². The Labute approximate surface area is 95.3 Å². The van der Waals surface area contributed by atoms with Crippen LogP contribution in [0.3, 0.4) is 0 Å². The Bertz CT molecular complexity index is 576. The summed E-state index contributed by atoms with van der Waals surface area (Å²) in [6.07, 6.45) is 0. The van der Waals surface area contributed by atoms with Gasteiger partial charge >= 0.3 is 5.97 Å². The van der Waals surface area contributed by atoms with Crippen molar-refractivity contribution >= 4 is 34.2 Å². The predicted octanol–water partition coefficient (Wildman–Crippen LogP) is 2.38. The number of anilines is 1. The minimum Gasteiger partial charge on any atom is -0.497 e. The molecule has 2 aromatic rings. The Kier molecular flexibility index (Phi) is 2.40. The minimum atomic E-state index is -1.23. The molecule has 0 aliphatic carbocycles. The molecular formula is C10H8ClNO4. The molecule has 0 aliphatic rings. The number of halogens is 1. The molecule has 84 valence electrons. The number of carboxylic acid groups (broad SMARTS) is 1. The number of methoxy groups -OCH3 is 1. The number of hydrogen-bond acceptors (Lipinski definition) is 4. The number of carbonyl (C=O) groups is 1. The molecule has 6 heteroatoms. The smallest absolute Gasteiger partial charge is 0.374 e. The molecule has 16 heavy (non-hydrogen) atoms. The van der Waals surface area contributed by atoms with Crippen LogP contribution in [0, 0.1) is 0 Å². The van der Waals surface area contributed by atoms with Crippen molar-refractivity contribution in [3.63, 3.8) is 0 Å². The quantitative estimate of drug-likeness (QED) is 0.843. The molecule has 0 atom stereocenters. The number of hydrogen-bond donors (Lipinski definition) is 2. The molecule has 2 rings (SSSR count). The molecular weight excluding hydrogens is 234 g/mol. The number of nitrogens with two attached hydrogens (primary N) is 1. The maximum absolute atomic E-state index is 10.8. The van der Waals surface area contributed by atoms with Crippen molar-refractivity contribution in [3.05, 3.63) is 22.9 Å². The predicted molar refractivity (Wildman–Crippen MR) is 59.1 cm³/mol. The van der Waals surface area contributed by atoms with Crippen molar-refractivity contribution < 1.29 is 19.1 Å². The third-order valence-electron chi connectivity index (χ3n) is 2.19. The van der Waals surface area contributed by atoms with Crippen LogP contribution in [0.15, 0.2) is 16.5 Å². The number of fused-ring (bicyclic) bond motifs is 1. The van der Waals surface area contributed by atoms with E-state index in [0.29, 0.717) is 11.1 Å². The van der Waals surface area contributed by atoms with Crippen molar-refractivity contribution in [1.82, 2.24) is 0 Å². The standard InChI is InChI=1S/C10H8ClNO4/c1-15-4-2-5-7(12)9(10(13)14)16-8(5)6(11)3-4/h2-3H,12H2,1H3,(H,13,14). The highest BCUT2D eigenvalue weighted by atomic mass is 35.5. The van der Waals surface area contributed by atoms with Gasteiger partial charge in [0.15, 0.2) is 5.58 Å². The van der Waals surface area contributed by atoms with Gasteiger partial charge in [0.05, 0.1) is 17.8 Å². The number of benzene rings is 1. The van der Waals surface area contributed by atoms with Crippen molar-refractivity contribution in [3.8, 4) is 5.75 Å². The fourth-order valence-corrected chi connectivity index (χ4v) is 1.68. The molecule has 0 saturated heterocycles. The van der Waals surface area contributed by atoms with Gasteiger partial charge in [-0.3, -0.25) is 0 Å². The Hall–Kier alpha value is -1.88. The maximum atomic E-state index is 10.8. The summed E-state index contributed by atoms with van der Waals surface area (Å²) in [5.41, 5.74) is 5.94. The molecule has 0 spiro atoms. The Morgan fingerprint density at radius 1 is 1.56 bits per heavy atom. The minimum absolute atomic E-state index is 0.0447. The highest BCUT2D eigenvalue weighted by Gasteiger charge is 2.20. The summed E-state index contributed by atoms with van der Waals surface area (Å²) in [6.45, 7) is 0. The zero-order valence-electron chi connectivity index (χ0n) is 8.28. The monoisotopic (exact) mass is 241 g/mol. The van der Waals surface area contributed by atoms with Crippen molar-refractivity contribution in [2.45, 2.75) is 0 Å². The summed E-state index contributed by atoms with van der Waals surface area (Å²) in [5.74, 6) is -1.06. The maximum Gasteiger partial charge on any atom is 0.374 e. The van der Waals surface area contributed by atoms with E-state index in [1.807, 2.05) is 0 Å². The third-order valence-corrected chi connectivity index (χ3v) is 2.47. The molecule has 5 nitrogen and oxygen atoms in total. The Morgan fingerprint density at radius 2 is 2.25 bits per heavy atom. The SMILES string of the molecule is COc1cc(Cl)c2oc(C(=O)O)c(N)c2c1. The first-order valence-corrected chi connectivity index (χ1v) is 4.71. The van der Waals surface area contributed by atoms with Gasteiger partial charge < -0.3 is 20.0 Å². The molecule has 0 saturated carbocycles. The zero-order valence-corrected chi connectivity index (χ0v) is 9.04. The molecule has 0 radical (unpaired) electrons. The highest BCUT2D eigenvalue weighted by Crippen LogP contribution is 2.36. The molecule has 1 aromatic carbocycles. The molecule has 0 amide bonds. The number of ether oxygens (including phenoxy) is 1. The van der Waals surface area contributed by atoms with Gasteiger partial charge in [-0.2, -0.15) is 0 Å². The average Bonchev–Trinajstić information content (AvgIpc) is 2.57. The van der Waals surface area contributed by atoms with Gasteiger partial charge in [-0.25, -0.2) is 4.79 Å². The molecule has 0 fully saturated rings. The first kappa shape index (κ1) is 10.6. The van der Waals surface area contributed by atoms with Gasteiger partial charge in [0, 0.05) is 11.5 Å². The fourth-order valence-electron chi connectivity index (χ4n) is 1.43. The number of nitrogen functional groups attached to an aromatic ring is 1. The summed E-state index contributed by atoms with van der Waals surface area (Å²) in [7, 11) is 1.48. The third kappa shape index (κ3) is 1.45. The van der Waals surface area contributed by atoms with Crippen LogP contribution in [0.5, 0.6) is 5.75 Å². The first-order valence-electron chi connectivity index (χ1n) is 4.33. The van der Waals surface area contributed by atoms with Crippen molar-refractivity contribution in [1.29, 1.82) is 0 Å². The molecule has 1 heterocycles. The largest absolute Gasteiger partial charge is 0.497 e. The van der Waals surface area contributed by atoms with Crippen LogP contribution in [0.2, 0.25) is 5.02 Å². The molecule has 1 aromatic heterocycles. The van der Waals surface area contributed by atoms with E-state index in [9.17, 15) is 4.79 Å². The molecule has 0 aliphatic heterocycles. The normalized spacial score (nSPS) is 10.6. The summed E-state index contributed by atoms with van der Waals surface area (Å²) in [4.78, 5) is 10.8. The lowest BCUT2D eigenvalue weighted by Gasteiger charge is -2.00. The number of aromatic carboxylic acids is 1. The van der Waals surface area contributed by atoms with Crippen LogP contribution >= 0.6 is 11.6 Å².